The molecule has 1 N–H and O–H groups in total. The van der Waals surface area contributed by atoms with Gasteiger partial charge in [-0.1, -0.05) is 48.7 Å². The lowest BCUT2D eigenvalue weighted by Crippen LogP contribution is -2.52. The third kappa shape index (κ3) is 7.07. The largest absolute Gasteiger partial charge is 0.352 e. The van der Waals surface area contributed by atoms with E-state index in [1.807, 2.05) is 51.1 Å². The zero-order valence-corrected chi connectivity index (χ0v) is 22.2. The van der Waals surface area contributed by atoms with E-state index in [0.717, 1.165) is 58.5 Å². The normalized spacial score (nSPS) is 15.0. The van der Waals surface area contributed by atoms with Crippen molar-refractivity contribution in [3.05, 3.63) is 64.7 Å². The summed E-state index contributed by atoms with van der Waals surface area (Å²) < 4.78 is 26.5. The van der Waals surface area contributed by atoms with Crippen molar-refractivity contribution in [3.8, 4) is 0 Å². The summed E-state index contributed by atoms with van der Waals surface area (Å²) in [7, 11) is -3.73. The number of carbonyl (C=O) groups excluding carboxylic acids is 2. The predicted octanol–water partition coefficient (Wildman–Crippen LogP) is 3.85. The molecule has 0 bridgehead atoms. The van der Waals surface area contributed by atoms with Gasteiger partial charge in [-0.05, 0) is 69.4 Å². The Hall–Kier alpha value is -2.87. The number of sulfonamides is 1. The number of carbonyl (C=O) groups is 2. The zero-order chi connectivity index (χ0) is 25.8. The van der Waals surface area contributed by atoms with Gasteiger partial charge in [0.25, 0.3) is 0 Å². The van der Waals surface area contributed by atoms with Crippen molar-refractivity contribution in [1.29, 1.82) is 0 Å². The van der Waals surface area contributed by atoms with Gasteiger partial charge in [0.05, 0.1) is 11.9 Å². The number of rotatable bonds is 9. The van der Waals surface area contributed by atoms with Crippen molar-refractivity contribution in [2.24, 2.45) is 0 Å². The van der Waals surface area contributed by atoms with Crippen LogP contribution in [0, 0.1) is 20.8 Å². The molecule has 1 saturated carbocycles. The lowest BCUT2D eigenvalue weighted by molar-refractivity contribution is -0.139. The summed E-state index contributed by atoms with van der Waals surface area (Å²) in [5.41, 5.74) is 4.37. The molecular weight excluding hydrogens is 462 g/mol. The monoisotopic (exact) mass is 499 g/mol. The van der Waals surface area contributed by atoms with Gasteiger partial charge in [0, 0.05) is 12.6 Å². The topological polar surface area (TPSA) is 86.8 Å². The first kappa shape index (κ1) is 26.7. The summed E-state index contributed by atoms with van der Waals surface area (Å²) in [5.74, 6) is -0.641. The van der Waals surface area contributed by atoms with Crippen LogP contribution in [-0.4, -0.2) is 50.0 Å². The highest BCUT2D eigenvalue weighted by Gasteiger charge is 2.31. The van der Waals surface area contributed by atoms with Crippen molar-refractivity contribution < 1.29 is 18.0 Å². The fourth-order valence-corrected chi connectivity index (χ4v) is 5.20. The van der Waals surface area contributed by atoms with Crippen LogP contribution in [0.3, 0.4) is 0 Å². The number of nitrogens with zero attached hydrogens (tertiary/aromatic N) is 2. The molecule has 0 aromatic heterocycles. The van der Waals surface area contributed by atoms with Crippen LogP contribution in [-0.2, 0) is 26.2 Å². The summed E-state index contributed by atoms with van der Waals surface area (Å²) in [6.45, 7) is 7.37. The quantitative estimate of drug-likeness (QED) is 0.568. The van der Waals surface area contributed by atoms with E-state index < -0.39 is 22.0 Å². The minimum absolute atomic E-state index is 0.129. The van der Waals surface area contributed by atoms with E-state index >= 15 is 0 Å². The summed E-state index contributed by atoms with van der Waals surface area (Å²) in [4.78, 5) is 28.2. The second kappa shape index (κ2) is 11.2. The Bertz CT molecular complexity index is 1160. The molecule has 2 amide bonds. The van der Waals surface area contributed by atoms with E-state index in [0.29, 0.717) is 5.69 Å². The first-order valence-electron chi connectivity index (χ1n) is 12.2. The average Bonchev–Trinajstić information content (AvgIpc) is 3.30. The van der Waals surface area contributed by atoms with Crippen molar-refractivity contribution in [3.63, 3.8) is 0 Å². The molecule has 1 fully saturated rings. The molecular formula is C27H37N3O4S. The molecule has 0 heterocycles. The van der Waals surface area contributed by atoms with Crippen LogP contribution in [0.25, 0.3) is 0 Å². The maximum Gasteiger partial charge on any atom is 0.244 e. The standard InChI is InChI=1S/C27H37N3O4S/c1-19-10-13-23(14-11-19)17-29(22(4)27(32)28-24-8-6-7-9-24)26(31)18-30(35(5,33)34)25-15-12-20(2)21(3)16-25/h10-16,22,24H,6-9,17-18H2,1-5H3,(H,28,32)/t22-/m0/s1. The van der Waals surface area contributed by atoms with Gasteiger partial charge < -0.3 is 10.2 Å². The molecule has 7 nitrogen and oxygen atoms in total. The molecule has 1 aliphatic rings. The molecule has 2 aromatic rings. The zero-order valence-electron chi connectivity index (χ0n) is 21.4. The van der Waals surface area contributed by atoms with E-state index in [-0.39, 0.29) is 25.0 Å². The van der Waals surface area contributed by atoms with E-state index in [2.05, 4.69) is 5.32 Å². The molecule has 0 spiro atoms. The first-order chi connectivity index (χ1) is 16.5. The lowest BCUT2D eigenvalue weighted by atomic mass is 10.1. The van der Waals surface area contributed by atoms with Gasteiger partial charge in [-0.3, -0.25) is 13.9 Å². The predicted molar refractivity (Wildman–Crippen MR) is 140 cm³/mol. The SMILES string of the molecule is Cc1ccc(CN(C(=O)CN(c2ccc(C)c(C)c2)S(C)(=O)=O)[C@@H](C)C(=O)NC2CCCC2)cc1. The lowest BCUT2D eigenvalue weighted by Gasteiger charge is -2.32. The van der Waals surface area contributed by atoms with E-state index in [1.165, 1.54) is 4.90 Å². The average molecular weight is 500 g/mol. The van der Waals surface area contributed by atoms with Crippen LogP contribution in [0.4, 0.5) is 5.69 Å². The number of nitrogens with one attached hydrogen (secondary N) is 1. The number of hydrogen-bond donors (Lipinski definition) is 1. The van der Waals surface area contributed by atoms with Crippen molar-refractivity contribution in [2.75, 3.05) is 17.1 Å². The minimum atomic E-state index is -3.73. The Labute approximate surface area is 209 Å². The Morgan fingerprint density at radius 2 is 1.63 bits per heavy atom. The highest BCUT2D eigenvalue weighted by Crippen LogP contribution is 2.23. The molecule has 0 aliphatic heterocycles. The maximum absolute atomic E-state index is 13.6. The van der Waals surface area contributed by atoms with Crippen molar-refractivity contribution >= 4 is 27.5 Å². The number of hydrogen-bond acceptors (Lipinski definition) is 4. The van der Waals surface area contributed by atoms with Gasteiger partial charge in [-0.15, -0.1) is 0 Å². The maximum atomic E-state index is 13.6. The second-order valence-corrected chi connectivity index (χ2v) is 11.6. The number of benzene rings is 2. The molecule has 0 radical (unpaired) electrons. The van der Waals surface area contributed by atoms with Gasteiger partial charge in [0.1, 0.15) is 12.6 Å². The van der Waals surface area contributed by atoms with E-state index in [1.54, 1.807) is 19.1 Å². The number of amides is 2. The third-order valence-electron chi connectivity index (χ3n) is 6.80. The molecule has 1 atom stereocenters. The molecule has 8 heteroatoms. The number of aryl methyl sites for hydroxylation is 3. The van der Waals surface area contributed by atoms with Crippen LogP contribution < -0.4 is 9.62 Å². The van der Waals surface area contributed by atoms with Gasteiger partial charge >= 0.3 is 0 Å². The highest BCUT2D eigenvalue weighted by atomic mass is 32.2. The third-order valence-corrected chi connectivity index (χ3v) is 7.94. The van der Waals surface area contributed by atoms with Gasteiger partial charge in [-0.2, -0.15) is 0 Å². The van der Waals surface area contributed by atoms with Crippen molar-refractivity contribution in [2.45, 2.75) is 72.0 Å². The van der Waals surface area contributed by atoms with Crippen LogP contribution >= 0.6 is 0 Å². The summed E-state index contributed by atoms with van der Waals surface area (Å²) in [6.07, 6.45) is 5.16. The van der Waals surface area contributed by atoms with Gasteiger partial charge in [0.15, 0.2) is 0 Å². The molecule has 1 aliphatic carbocycles. The molecule has 35 heavy (non-hydrogen) atoms. The van der Waals surface area contributed by atoms with Crippen molar-refractivity contribution in [1.82, 2.24) is 10.2 Å². The van der Waals surface area contributed by atoms with Crippen LogP contribution in [0.2, 0.25) is 0 Å². The molecule has 2 aromatic carbocycles. The van der Waals surface area contributed by atoms with Crippen LogP contribution in [0.5, 0.6) is 0 Å². The van der Waals surface area contributed by atoms with Gasteiger partial charge in [-0.25, -0.2) is 8.42 Å². The highest BCUT2D eigenvalue weighted by molar-refractivity contribution is 7.92. The van der Waals surface area contributed by atoms with E-state index in [4.69, 9.17) is 0 Å². The molecule has 3 rings (SSSR count). The number of anilines is 1. The fourth-order valence-electron chi connectivity index (χ4n) is 4.36. The van der Waals surface area contributed by atoms with E-state index in [9.17, 15) is 18.0 Å². The molecule has 0 saturated heterocycles. The summed E-state index contributed by atoms with van der Waals surface area (Å²) in [5, 5.41) is 3.07. The van der Waals surface area contributed by atoms with Crippen LogP contribution in [0.1, 0.15) is 54.9 Å². The van der Waals surface area contributed by atoms with Crippen LogP contribution in [0.15, 0.2) is 42.5 Å². The summed E-state index contributed by atoms with van der Waals surface area (Å²) >= 11 is 0. The Balaban J connectivity index is 1.88. The molecule has 190 valence electrons. The minimum Gasteiger partial charge on any atom is -0.352 e. The fraction of sp³-hybridized carbons (Fsp3) is 0.481. The smallest absolute Gasteiger partial charge is 0.244 e. The first-order valence-corrected chi connectivity index (χ1v) is 14.0. The van der Waals surface area contributed by atoms with Gasteiger partial charge in [0.2, 0.25) is 21.8 Å². The second-order valence-electron chi connectivity index (χ2n) is 9.71. The summed E-state index contributed by atoms with van der Waals surface area (Å²) in [6, 6.07) is 12.5. The molecule has 0 unspecified atom stereocenters. The Kier molecular flexibility index (Phi) is 8.59. The Morgan fingerprint density at radius 1 is 1.00 bits per heavy atom. The Morgan fingerprint density at radius 3 is 2.20 bits per heavy atom.